The topological polar surface area (TPSA) is 50.9 Å². The van der Waals surface area contributed by atoms with Crippen LogP contribution in [-0.4, -0.2) is 23.5 Å². The van der Waals surface area contributed by atoms with E-state index in [1.54, 1.807) is 6.20 Å². The minimum atomic E-state index is 0.652. The Morgan fingerprint density at radius 1 is 1.60 bits per heavy atom. The van der Waals surface area contributed by atoms with Crippen molar-refractivity contribution in [2.24, 2.45) is 5.92 Å². The second-order valence-corrected chi connectivity index (χ2v) is 4.78. The monoisotopic (exact) mass is 225 g/mol. The van der Waals surface area contributed by atoms with E-state index in [9.17, 15) is 0 Å². The molecule has 0 spiro atoms. The lowest BCUT2D eigenvalue weighted by Gasteiger charge is -2.12. The van der Waals surface area contributed by atoms with Gasteiger partial charge in [-0.15, -0.1) is 0 Å². The third kappa shape index (κ3) is 4.00. The lowest BCUT2D eigenvalue weighted by molar-refractivity contribution is 0.699. The van der Waals surface area contributed by atoms with Crippen LogP contribution in [0.5, 0.6) is 0 Å². The molecule has 1 rings (SSSR count). The summed E-state index contributed by atoms with van der Waals surface area (Å²) in [6.45, 7) is 5.18. The molecule has 15 heavy (non-hydrogen) atoms. The summed E-state index contributed by atoms with van der Waals surface area (Å²) >= 11 is 1.87. The highest BCUT2D eigenvalue weighted by Crippen LogP contribution is 2.13. The van der Waals surface area contributed by atoms with E-state index in [1.165, 1.54) is 5.75 Å². The van der Waals surface area contributed by atoms with Gasteiger partial charge in [0.05, 0.1) is 11.9 Å². The Labute approximate surface area is 95.9 Å². The largest absolute Gasteiger partial charge is 0.397 e. The first-order chi connectivity index (χ1) is 7.13. The molecule has 3 N–H and O–H groups in total. The van der Waals surface area contributed by atoms with Gasteiger partial charge >= 0.3 is 0 Å². The van der Waals surface area contributed by atoms with Gasteiger partial charge < -0.3 is 11.1 Å². The molecule has 1 atom stereocenters. The van der Waals surface area contributed by atoms with Crippen molar-refractivity contribution in [3.63, 3.8) is 0 Å². The predicted octanol–water partition coefficient (Wildman–Crippen LogP) is 2.38. The maximum atomic E-state index is 5.70. The van der Waals surface area contributed by atoms with E-state index in [1.807, 2.05) is 24.8 Å². The van der Waals surface area contributed by atoms with Gasteiger partial charge in [-0.2, -0.15) is 11.8 Å². The van der Waals surface area contributed by atoms with Gasteiger partial charge in [0.2, 0.25) is 0 Å². The maximum absolute atomic E-state index is 5.70. The summed E-state index contributed by atoms with van der Waals surface area (Å²) in [5, 5.41) is 3.32. The van der Waals surface area contributed by atoms with Crippen LogP contribution in [0.4, 0.5) is 11.5 Å². The van der Waals surface area contributed by atoms with Crippen molar-refractivity contribution < 1.29 is 0 Å². The number of nitrogens with zero attached hydrogens (tertiary/aromatic N) is 1. The van der Waals surface area contributed by atoms with Crippen molar-refractivity contribution in [2.75, 3.05) is 29.6 Å². The molecule has 0 aromatic carbocycles. The predicted molar refractivity (Wildman–Crippen MR) is 69.4 cm³/mol. The van der Waals surface area contributed by atoms with Crippen LogP contribution in [0.15, 0.2) is 12.3 Å². The number of thioether (sulfide) groups is 1. The molecule has 1 aromatic rings. The zero-order valence-corrected chi connectivity index (χ0v) is 10.4. The van der Waals surface area contributed by atoms with Gasteiger partial charge in [0.1, 0.15) is 5.82 Å². The fourth-order valence-electron chi connectivity index (χ4n) is 1.29. The summed E-state index contributed by atoms with van der Waals surface area (Å²) in [7, 11) is 0. The quantitative estimate of drug-likeness (QED) is 0.808. The van der Waals surface area contributed by atoms with Crippen molar-refractivity contribution in [2.45, 2.75) is 13.8 Å². The van der Waals surface area contributed by atoms with Crippen molar-refractivity contribution in [3.05, 3.63) is 17.8 Å². The van der Waals surface area contributed by atoms with Crippen molar-refractivity contribution >= 4 is 23.3 Å². The SMILES string of the molecule is CSCC(C)CNc1cc(C)c(N)cn1. The van der Waals surface area contributed by atoms with Gasteiger partial charge in [0, 0.05) is 6.54 Å². The van der Waals surface area contributed by atoms with Gasteiger partial charge in [-0.25, -0.2) is 4.98 Å². The molecular weight excluding hydrogens is 206 g/mol. The number of hydrogen-bond acceptors (Lipinski definition) is 4. The molecule has 0 fully saturated rings. The Balaban J connectivity index is 2.47. The molecule has 3 nitrogen and oxygen atoms in total. The van der Waals surface area contributed by atoms with E-state index in [2.05, 4.69) is 23.5 Å². The maximum Gasteiger partial charge on any atom is 0.126 e. The van der Waals surface area contributed by atoms with E-state index in [4.69, 9.17) is 5.73 Å². The Kier molecular flexibility index (Phi) is 4.75. The first-order valence-corrected chi connectivity index (χ1v) is 6.47. The zero-order chi connectivity index (χ0) is 11.3. The second kappa shape index (κ2) is 5.85. The average molecular weight is 225 g/mol. The van der Waals surface area contributed by atoms with Crippen LogP contribution >= 0.6 is 11.8 Å². The number of aryl methyl sites for hydroxylation is 1. The molecule has 0 saturated carbocycles. The Morgan fingerprint density at radius 2 is 2.33 bits per heavy atom. The molecule has 0 aliphatic carbocycles. The average Bonchev–Trinajstić information content (AvgIpc) is 2.20. The summed E-state index contributed by atoms with van der Waals surface area (Å²) in [5.41, 5.74) is 7.52. The van der Waals surface area contributed by atoms with Gasteiger partial charge in [-0.05, 0) is 36.5 Å². The lowest BCUT2D eigenvalue weighted by Crippen LogP contribution is -2.14. The fourth-order valence-corrected chi connectivity index (χ4v) is 1.97. The highest BCUT2D eigenvalue weighted by Gasteiger charge is 2.02. The third-order valence-electron chi connectivity index (χ3n) is 2.23. The summed E-state index contributed by atoms with van der Waals surface area (Å²) in [6, 6.07) is 1.99. The Bertz CT molecular complexity index is 315. The van der Waals surface area contributed by atoms with Gasteiger partial charge in [-0.3, -0.25) is 0 Å². The van der Waals surface area contributed by atoms with E-state index < -0.39 is 0 Å². The molecule has 0 bridgehead atoms. The number of anilines is 2. The second-order valence-electron chi connectivity index (χ2n) is 3.87. The minimum Gasteiger partial charge on any atom is -0.397 e. The number of nitrogens with two attached hydrogens (primary N) is 1. The molecule has 1 unspecified atom stereocenters. The molecule has 84 valence electrons. The van der Waals surface area contributed by atoms with Crippen LogP contribution in [0.1, 0.15) is 12.5 Å². The van der Waals surface area contributed by atoms with Gasteiger partial charge in [0.15, 0.2) is 0 Å². The first-order valence-electron chi connectivity index (χ1n) is 5.08. The number of aromatic nitrogens is 1. The number of nitrogen functional groups attached to an aromatic ring is 1. The van der Waals surface area contributed by atoms with Gasteiger partial charge in [-0.1, -0.05) is 6.92 Å². The van der Waals surface area contributed by atoms with Crippen molar-refractivity contribution in [1.82, 2.24) is 4.98 Å². The third-order valence-corrected chi connectivity index (χ3v) is 3.14. The molecule has 0 saturated heterocycles. The van der Waals surface area contributed by atoms with Crippen molar-refractivity contribution in [1.29, 1.82) is 0 Å². The summed E-state index contributed by atoms with van der Waals surface area (Å²) in [5.74, 6) is 2.73. The van der Waals surface area contributed by atoms with Gasteiger partial charge in [0.25, 0.3) is 0 Å². The van der Waals surface area contributed by atoms with Crippen LogP contribution in [0.3, 0.4) is 0 Å². The number of nitrogens with one attached hydrogen (secondary N) is 1. The molecule has 0 aliphatic heterocycles. The molecule has 0 radical (unpaired) electrons. The molecule has 0 aliphatic rings. The van der Waals surface area contributed by atoms with Crippen LogP contribution in [-0.2, 0) is 0 Å². The summed E-state index contributed by atoms with van der Waals surface area (Å²) < 4.78 is 0. The normalized spacial score (nSPS) is 12.5. The van der Waals surface area contributed by atoms with Crippen molar-refractivity contribution in [3.8, 4) is 0 Å². The number of rotatable bonds is 5. The molecule has 1 aromatic heterocycles. The van der Waals surface area contributed by atoms with E-state index in [0.717, 1.165) is 23.6 Å². The Hall–Kier alpha value is -0.900. The summed E-state index contributed by atoms with van der Waals surface area (Å²) in [6.07, 6.45) is 3.83. The number of hydrogen-bond donors (Lipinski definition) is 2. The van der Waals surface area contributed by atoms with Crippen LogP contribution in [0.25, 0.3) is 0 Å². The molecular formula is C11H19N3S. The fraction of sp³-hybridized carbons (Fsp3) is 0.545. The van der Waals surface area contributed by atoms with E-state index in [0.29, 0.717) is 5.92 Å². The smallest absolute Gasteiger partial charge is 0.126 e. The standard InChI is InChI=1S/C11H19N3S/c1-8(7-15-3)5-13-11-4-9(2)10(12)6-14-11/h4,6,8H,5,7,12H2,1-3H3,(H,13,14). The highest BCUT2D eigenvalue weighted by molar-refractivity contribution is 7.98. The van der Waals surface area contributed by atoms with Crippen LogP contribution < -0.4 is 11.1 Å². The lowest BCUT2D eigenvalue weighted by atomic mass is 10.2. The minimum absolute atomic E-state index is 0.652. The number of pyridine rings is 1. The molecule has 1 heterocycles. The summed E-state index contributed by atoms with van der Waals surface area (Å²) in [4.78, 5) is 4.23. The van der Waals surface area contributed by atoms with Crippen LogP contribution in [0.2, 0.25) is 0 Å². The Morgan fingerprint density at radius 3 is 2.93 bits per heavy atom. The molecule has 0 amide bonds. The molecule has 4 heteroatoms. The zero-order valence-electron chi connectivity index (χ0n) is 9.58. The van der Waals surface area contributed by atoms with E-state index in [-0.39, 0.29) is 0 Å². The highest BCUT2D eigenvalue weighted by atomic mass is 32.2. The van der Waals surface area contributed by atoms with Crippen LogP contribution in [0, 0.1) is 12.8 Å². The van der Waals surface area contributed by atoms with E-state index >= 15 is 0 Å². The first kappa shape index (κ1) is 12.2.